The number of hydrogen-bond acceptors (Lipinski definition) is 8. The maximum Gasteiger partial charge on any atom is 0.416 e. The predicted octanol–water partition coefficient (Wildman–Crippen LogP) is 4.24. The quantitative estimate of drug-likeness (QED) is 0.183. The van der Waals surface area contributed by atoms with Crippen LogP contribution in [-0.2, 0) is 32.1 Å². The SMILES string of the molecule is C=CCCOc1cc(C2=NC3OC3C3(CCN(S(=O)(=O)CCc4ccc(C(=O)OC)cc4C)CC3)N2)cc(C(F)(F)F)c1. The minimum atomic E-state index is -4.58. The Morgan fingerprint density at radius 3 is 2.63 bits per heavy atom. The number of sulfonamides is 1. The molecule has 3 heterocycles. The fourth-order valence-electron chi connectivity index (χ4n) is 5.62. The molecule has 13 heteroatoms. The second-order valence-corrected chi connectivity index (χ2v) is 13.1. The van der Waals surface area contributed by atoms with Gasteiger partial charge in [0.25, 0.3) is 0 Å². The number of halogens is 3. The van der Waals surface area contributed by atoms with Crippen molar-refractivity contribution in [1.82, 2.24) is 9.62 Å². The van der Waals surface area contributed by atoms with E-state index in [4.69, 9.17) is 14.2 Å². The Balaban J connectivity index is 1.26. The third kappa shape index (κ3) is 6.73. The van der Waals surface area contributed by atoms with Gasteiger partial charge in [0.1, 0.15) is 17.7 Å². The average molecular weight is 622 g/mol. The third-order valence-electron chi connectivity index (χ3n) is 8.14. The van der Waals surface area contributed by atoms with Gasteiger partial charge < -0.3 is 19.5 Å². The first-order chi connectivity index (χ1) is 20.3. The molecule has 2 fully saturated rings. The lowest BCUT2D eigenvalue weighted by Crippen LogP contribution is -2.61. The van der Waals surface area contributed by atoms with Gasteiger partial charge in [0, 0.05) is 18.7 Å². The smallest absolute Gasteiger partial charge is 0.416 e. The molecule has 232 valence electrons. The van der Waals surface area contributed by atoms with Crippen molar-refractivity contribution in [1.29, 1.82) is 0 Å². The van der Waals surface area contributed by atoms with Crippen LogP contribution >= 0.6 is 0 Å². The summed E-state index contributed by atoms with van der Waals surface area (Å²) in [6, 6.07) is 8.54. The first kappa shape index (κ1) is 31.0. The van der Waals surface area contributed by atoms with E-state index in [-0.39, 0.29) is 55.1 Å². The molecule has 2 aromatic carbocycles. The van der Waals surface area contributed by atoms with Crippen LogP contribution in [0, 0.1) is 6.92 Å². The summed E-state index contributed by atoms with van der Waals surface area (Å²) in [5, 5.41) is 3.33. The van der Waals surface area contributed by atoms with E-state index >= 15 is 0 Å². The molecule has 2 atom stereocenters. The fraction of sp³-hybridized carbons (Fsp3) is 0.467. The zero-order chi connectivity index (χ0) is 31.0. The molecule has 9 nitrogen and oxygen atoms in total. The van der Waals surface area contributed by atoms with E-state index in [0.29, 0.717) is 24.8 Å². The molecule has 0 radical (unpaired) electrons. The molecule has 2 saturated heterocycles. The highest BCUT2D eigenvalue weighted by Gasteiger charge is 2.59. The highest BCUT2D eigenvalue weighted by Crippen LogP contribution is 2.44. The van der Waals surface area contributed by atoms with E-state index in [1.807, 2.05) is 6.92 Å². The molecule has 1 N–H and O–H groups in total. The van der Waals surface area contributed by atoms with Gasteiger partial charge >= 0.3 is 12.1 Å². The number of nitrogens with one attached hydrogen (secondary N) is 1. The Morgan fingerprint density at radius 1 is 1.23 bits per heavy atom. The number of hydrogen-bond donors (Lipinski definition) is 1. The fourth-order valence-corrected chi connectivity index (χ4v) is 7.10. The summed E-state index contributed by atoms with van der Waals surface area (Å²) in [4.78, 5) is 16.3. The van der Waals surface area contributed by atoms with Crippen molar-refractivity contribution in [2.24, 2.45) is 4.99 Å². The molecule has 2 unspecified atom stereocenters. The lowest BCUT2D eigenvalue weighted by Gasteiger charge is -2.43. The predicted molar refractivity (Wildman–Crippen MR) is 154 cm³/mol. The minimum absolute atomic E-state index is 0.0696. The molecule has 2 aromatic rings. The van der Waals surface area contributed by atoms with Crippen molar-refractivity contribution in [3.8, 4) is 5.75 Å². The Bertz CT molecular complexity index is 1530. The second kappa shape index (κ2) is 11.9. The van der Waals surface area contributed by atoms with Gasteiger partial charge in [-0.2, -0.15) is 13.2 Å². The number of aliphatic imine (C=N–C) groups is 1. The van der Waals surface area contributed by atoms with Crippen LogP contribution in [0.25, 0.3) is 0 Å². The van der Waals surface area contributed by atoms with E-state index in [2.05, 4.69) is 16.9 Å². The normalized spacial score (nSPS) is 21.4. The topological polar surface area (TPSA) is 110 Å². The lowest BCUT2D eigenvalue weighted by atomic mass is 9.83. The maximum atomic E-state index is 13.7. The standard InChI is InChI=1S/C30H34F3N3O6S/c1-4-5-13-41-24-17-22(16-23(18-24)30(31,32)33)26-34-27-25(42-27)29(35-26)9-11-36(12-10-29)43(38,39)14-8-20-6-7-21(15-19(20)2)28(37)40-3/h4,6-7,15-18,25,27H,1,5,8-14H2,2-3H3,(H,34,35). The number of ether oxygens (including phenoxy) is 3. The van der Waals surface area contributed by atoms with Gasteiger partial charge in [-0.1, -0.05) is 12.1 Å². The summed E-state index contributed by atoms with van der Waals surface area (Å²) in [5.74, 6) is -0.220. The van der Waals surface area contributed by atoms with Gasteiger partial charge in [-0.05, 0) is 74.1 Å². The highest BCUT2D eigenvalue weighted by molar-refractivity contribution is 7.89. The summed E-state index contributed by atoms with van der Waals surface area (Å²) in [7, 11) is -2.30. The van der Waals surface area contributed by atoms with Gasteiger partial charge in [0.05, 0.1) is 36.1 Å². The van der Waals surface area contributed by atoms with Crippen molar-refractivity contribution in [2.75, 3.05) is 32.6 Å². The molecular weight excluding hydrogens is 587 g/mol. The molecule has 0 saturated carbocycles. The number of esters is 1. The molecule has 0 bridgehead atoms. The van der Waals surface area contributed by atoms with Crippen LogP contribution in [0.1, 0.15) is 51.9 Å². The Morgan fingerprint density at radius 2 is 1.98 bits per heavy atom. The number of methoxy groups -OCH3 is 1. The Hall–Kier alpha value is -3.42. The number of fused-ring (bicyclic) bond motifs is 2. The molecule has 0 aromatic heterocycles. The van der Waals surface area contributed by atoms with E-state index in [9.17, 15) is 26.4 Å². The van der Waals surface area contributed by atoms with Crippen LogP contribution in [0.4, 0.5) is 13.2 Å². The molecule has 0 aliphatic carbocycles. The third-order valence-corrected chi connectivity index (χ3v) is 10.0. The van der Waals surface area contributed by atoms with Gasteiger partial charge in [-0.15, -0.1) is 6.58 Å². The summed E-state index contributed by atoms with van der Waals surface area (Å²) in [6.07, 6.45) is -2.19. The number of epoxide rings is 1. The van der Waals surface area contributed by atoms with Crippen LogP contribution in [0.15, 0.2) is 54.0 Å². The van der Waals surface area contributed by atoms with E-state index in [0.717, 1.165) is 23.3 Å². The summed E-state index contributed by atoms with van der Waals surface area (Å²) >= 11 is 0. The zero-order valence-corrected chi connectivity index (χ0v) is 24.8. The van der Waals surface area contributed by atoms with Crippen molar-refractivity contribution in [2.45, 2.75) is 56.7 Å². The molecule has 43 heavy (non-hydrogen) atoms. The number of carbonyl (C=O) groups is 1. The van der Waals surface area contributed by atoms with Gasteiger partial charge in [-0.3, -0.25) is 0 Å². The number of carbonyl (C=O) groups excluding carboxylic acids is 1. The van der Waals surface area contributed by atoms with Crippen molar-refractivity contribution >= 4 is 21.8 Å². The lowest BCUT2D eigenvalue weighted by molar-refractivity contribution is -0.137. The first-order valence-electron chi connectivity index (χ1n) is 14.0. The van der Waals surface area contributed by atoms with Gasteiger partial charge in [0.2, 0.25) is 10.0 Å². The van der Waals surface area contributed by atoms with E-state index < -0.39 is 39.5 Å². The summed E-state index contributed by atoms with van der Waals surface area (Å²) in [6.45, 7) is 6.07. The Kier molecular flexibility index (Phi) is 8.61. The number of aryl methyl sites for hydroxylation is 2. The summed E-state index contributed by atoms with van der Waals surface area (Å²) < 4.78 is 85.2. The average Bonchev–Trinajstić information content (AvgIpc) is 3.77. The van der Waals surface area contributed by atoms with Gasteiger partial charge in [-0.25, -0.2) is 22.5 Å². The molecule has 0 amide bonds. The largest absolute Gasteiger partial charge is 0.493 e. The second-order valence-electron chi connectivity index (χ2n) is 11.0. The number of benzene rings is 2. The monoisotopic (exact) mass is 621 g/mol. The van der Waals surface area contributed by atoms with Crippen LogP contribution in [0.2, 0.25) is 0 Å². The number of alkyl halides is 3. The zero-order valence-electron chi connectivity index (χ0n) is 23.9. The van der Waals surface area contributed by atoms with Crippen molar-refractivity contribution in [3.63, 3.8) is 0 Å². The molecular formula is C30H34F3N3O6S. The van der Waals surface area contributed by atoms with Crippen LogP contribution < -0.4 is 10.1 Å². The maximum absolute atomic E-state index is 13.7. The van der Waals surface area contributed by atoms with Crippen LogP contribution in [-0.4, -0.2) is 75.0 Å². The molecule has 3 aliphatic rings. The van der Waals surface area contributed by atoms with Crippen molar-refractivity contribution in [3.05, 3.63) is 76.9 Å². The molecule has 5 rings (SSSR count). The number of rotatable bonds is 10. The van der Waals surface area contributed by atoms with Crippen LogP contribution in [0.5, 0.6) is 5.75 Å². The highest BCUT2D eigenvalue weighted by atomic mass is 32.2. The van der Waals surface area contributed by atoms with Crippen molar-refractivity contribution < 1.29 is 40.6 Å². The van der Waals surface area contributed by atoms with Gasteiger partial charge in [0.15, 0.2) is 6.23 Å². The number of nitrogens with zero attached hydrogens (tertiary/aromatic N) is 2. The molecule has 1 spiro atoms. The van der Waals surface area contributed by atoms with E-state index in [1.54, 1.807) is 24.3 Å². The minimum Gasteiger partial charge on any atom is -0.493 e. The summed E-state index contributed by atoms with van der Waals surface area (Å²) in [5.41, 5.74) is 0.731. The first-order valence-corrected chi connectivity index (χ1v) is 15.6. The number of piperidine rings is 1. The van der Waals surface area contributed by atoms with E-state index in [1.165, 1.54) is 17.5 Å². The van der Waals surface area contributed by atoms with Crippen LogP contribution in [0.3, 0.4) is 0 Å². The molecule has 3 aliphatic heterocycles. The Labute approximate surface area is 248 Å². The number of amidine groups is 1.